The molecule has 24 heavy (non-hydrogen) atoms. The Kier molecular flexibility index (Phi) is 4.46. The van der Waals surface area contributed by atoms with Gasteiger partial charge in [0.2, 0.25) is 15.9 Å². The van der Waals surface area contributed by atoms with Crippen molar-refractivity contribution in [2.24, 2.45) is 0 Å². The third-order valence-electron chi connectivity index (χ3n) is 3.64. The van der Waals surface area contributed by atoms with Gasteiger partial charge in [0.05, 0.1) is 17.1 Å². The summed E-state index contributed by atoms with van der Waals surface area (Å²) < 4.78 is 58.3. The Labute approximate surface area is 138 Å². The summed E-state index contributed by atoms with van der Waals surface area (Å²) in [6.45, 7) is 2.07. The van der Waals surface area contributed by atoms with Crippen LogP contribution in [0.15, 0.2) is 35.2 Å². The van der Waals surface area contributed by atoms with Gasteiger partial charge in [0.25, 0.3) is 0 Å². The van der Waals surface area contributed by atoms with Crippen LogP contribution in [0.3, 0.4) is 0 Å². The number of halogens is 2. The Morgan fingerprint density at radius 3 is 2.50 bits per heavy atom. The molecule has 1 aromatic carbocycles. The molecule has 0 spiro atoms. The van der Waals surface area contributed by atoms with E-state index in [1.807, 2.05) is 0 Å². The molecule has 2 aromatic rings. The van der Waals surface area contributed by atoms with Crippen molar-refractivity contribution in [2.45, 2.75) is 24.3 Å². The van der Waals surface area contributed by atoms with E-state index in [1.165, 1.54) is 0 Å². The molecule has 0 radical (unpaired) electrons. The Bertz CT molecular complexity index is 823. The molecule has 3 rings (SSSR count). The zero-order chi connectivity index (χ0) is 17.3. The molecule has 0 N–H and O–H groups in total. The first-order valence-corrected chi connectivity index (χ1v) is 8.72. The van der Waals surface area contributed by atoms with Crippen molar-refractivity contribution in [1.29, 1.82) is 0 Å². The smallest absolute Gasteiger partial charge is 0.243 e. The largest absolute Gasteiger partial charge is 0.472 e. The number of hydrogen-bond acceptors (Lipinski definition) is 5. The van der Waals surface area contributed by atoms with Crippen LogP contribution in [0.2, 0.25) is 0 Å². The van der Waals surface area contributed by atoms with Gasteiger partial charge >= 0.3 is 0 Å². The van der Waals surface area contributed by atoms with Gasteiger partial charge in [-0.15, -0.1) is 5.10 Å². The average Bonchev–Trinajstić information content (AvgIpc) is 2.98. The first-order chi connectivity index (χ1) is 11.3. The normalized spacial score (nSPS) is 18.7. The maximum Gasteiger partial charge on any atom is 0.243 e. The minimum atomic E-state index is -3.98. The maximum absolute atomic E-state index is 13.3. The van der Waals surface area contributed by atoms with E-state index in [1.54, 1.807) is 19.1 Å². The zero-order valence-electron chi connectivity index (χ0n) is 12.8. The molecule has 128 valence electrons. The summed E-state index contributed by atoms with van der Waals surface area (Å²) >= 11 is 0. The fourth-order valence-electron chi connectivity index (χ4n) is 2.46. The van der Waals surface area contributed by atoms with E-state index in [9.17, 15) is 17.2 Å². The second kappa shape index (κ2) is 6.40. The number of benzene rings is 1. The third kappa shape index (κ3) is 3.51. The molecule has 0 bridgehead atoms. The fraction of sp³-hybridized carbons (Fsp3) is 0.333. The van der Waals surface area contributed by atoms with Crippen LogP contribution in [0.4, 0.5) is 8.78 Å². The van der Waals surface area contributed by atoms with Crippen molar-refractivity contribution in [2.75, 3.05) is 13.1 Å². The van der Waals surface area contributed by atoms with Crippen LogP contribution >= 0.6 is 0 Å². The number of rotatable bonds is 4. The van der Waals surface area contributed by atoms with Crippen LogP contribution in [0, 0.1) is 18.6 Å². The van der Waals surface area contributed by atoms with Gasteiger partial charge in [-0.1, -0.05) is 0 Å². The molecule has 1 unspecified atom stereocenters. The highest BCUT2D eigenvalue weighted by Crippen LogP contribution is 2.24. The van der Waals surface area contributed by atoms with Crippen molar-refractivity contribution < 1.29 is 21.9 Å². The molecule has 1 aromatic heterocycles. The van der Waals surface area contributed by atoms with Crippen LogP contribution < -0.4 is 4.74 Å². The number of hydrogen-bond donors (Lipinski definition) is 0. The quantitative estimate of drug-likeness (QED) is 0.838. The molecule has 9 heteroatoms. The van der Waals surface area contributed by atoms with Crippen LogP contribution in [-0.2, 0) is 10.0 Å². The van der Waals surface area contributed by atoms with Crippen molar-refractivity contribution in [3.8, 4) is 5.88 Å². The summed E-state index contributed by atoms with van der Waals surface area (Å²) in [5, 5.41) is 7.74. The third-order valence-corrected chi connectivity index (χ3v) is 5.49. The molecular formula is C15H15F2N3O3S. The highest BCUT2D eigenvalue weighted by molar-refractivity contribution is 7.89. The lowest BCUT2D eigenvalue weighted by molar-refractivity contribution is 0.204. The van der Waals surface area contributed by atoms with Crippen LogP contribution in [0.5, 0.6) is 5.88 Å². The van der Waals surface area contributed by atoms with Gasteiger partial charge in [0, 0.05) is 18.7 Å². The minimum absolute atomic E-state index is 0.0794. The minimum Gasteiger partial charge on any atom is -0.472 e. The van der Waals surface area contributed by atoms with E-state index >= 15 is 0 Å². The second-order valence-corrected chi connectivity index (χ2v) is 7.45. The first-order valence-electron chi connectivity index (χ1n) is 7.28. The number of aromatic nitrogens is 2. The highest BCUT2D eigenvalue weighted by Gasteiger charge is 2.34. The van der Waals surface area contributed by atoms with E-state index in [0.717, 1.165) is 22.1 Å². The summed E-state index contributed by atoms with van der Waals surface area (Å²) in [4.78, 5) is -0.407. The maximum atomic E-state index is 13.3. The predicted octanol–water partition coefficient (Wildman–Crippen LogP) is 1.91. The summed E-state index contributed by atoms with van der Waals surface area (Å²) in [6.07, 6.45) is 0.0576. The van der Waals surface area contributed by atoms with Gasteiger partial charge < -0.3 is 4.74 Å². The molecule has 1 aliphatic rings. The van der Waals surface area contributed by atoms with E-state index < -0.39 is 32.7 Å². The fourth-order valence-corrected chi connectivity index (χ4v) is 3.99. The summed E-state index contributed by atoms with van der Waals surface area (Å²) in [5.41, 5.74) is 0.742. The molecule has 1 aliphatic heterocycles. The monoisotopic (exact) mass is 355 g/mol. The number of ether oxygens (including phenoxy) is 1. The molecule has 1 atom stereocenters. The van der Waals surface area contributed by atoms with Gasteiger partial charge in [-0.2, -0.15) is 9.40 Å². The molecule has 2 heterocycles. The molecule has 1 saturated heterocycles. The molecule has 0 amide bonds. The van der Waals surface area contributed by atoms with Gasteiger partial charge in [0.1, 0.15) is 17.7 Å². The Morgan fingerprint density at radius 1 is 1.17 bits per heavy atom. The van der Waals surface area contributed by atoms with E-state index in [-0.39, 0.29) is 13.1 Å². The summed E-state index contributed by atoms with van der Waals surface area (Å²) in [5.74, 6) is -1.56. The molecular weight excluding hydrogens is 340 g/mol. The zero-order valence-corrected chi connectivity index (χ0v) is 13.6. The lowest BCUT2D eigenvalue weighted by atomic mass is 10.3. The van der Waals surface area contributed by atoms with E-state index in [4.69, 9.17) is 4.74 Å². The first kappa shape index (κ1) is 16.7. The SMILES string of the molecule is Cc1ccc(OC2CCN(S(=O)(=O)c3cc(F)cc(F)c3)C2)nn1. The van der Waals surface area contributed by atoms with Crippen LogP contribution in [0.25, 0.3) is 0 Å². The van der Waals surface area contributed by atoms with Gasteiger partial charge in [-0.05, 0) is 31.5 Å². The standard InChI is InChI=1S/C15H15F2N3O3S/c1-10-2-3-15(19-18-10)23-13-4-5-20(9-13)24(21,22)14-7-11(16)6-12(17)8-14/h2-3,6-8,13H,4-5,9H2,1H3. The van der Waals surface area contributed by atoms with Crippen molar-refractivity contribution in [3.05, 3.63) is 47.7 Å². The Balaban J connectivity index is 1.73. The van der Waals surface area contributed by atoms with Crippen LogP contribution in [0.1, 0.15) is 12.1 Å². The van der Waals surface area contributed by atoms with Crippen molar-refractivity contribution in [1.82, 2.24) is 14.5 Å². The van der Waals surface area contributed by atoms with Crippen molar-refractivity contribution >= 4 is 10.0 Å². The lowest BCUT2D eigenvalue weighted by Gasteiger charge is -2.17. The van der Waals surface area contributed by atoms with Gasteiger partial charge in [0.15, 0.2) is 0 Å². The van der Waals surface area contributed by atoms with Crippen molar-refractivity contribution in [3.63, 3.8) is 0 Å². The highest BCUT2D eigenvalue weighted by atomic mass is 32.2. The lowest BCUT2D eigenvalue weighted by Crippen LogP contribution is -2.31. The van der Waals surface area contributed by atoms with Crippen LogP contribution in [-0.4, -0.2) is 42.1 Å². The number of aryl methyl sites for hydroxylation is 1. The predicted molar refractivity (Wildman–Crippen MR) is 80.9 cm³/mol. The Hall–Kier alpha value is -2.13. The molecule has 0 aliphatic carbocycles. The second-order valence-electron chi connectivity index (χ2n) is 5.51. The molecule has 1 fully saturated rings. The number of nitrogens with zero attached hydrogens (tertiary/aromatic N) is 3. The van der Waals surface area contributed by atoms with E-state index in [2.05, 4.69) is 10.2 Å². The summed E-state index contributed by atoms with van der Waals surface area (Å²) in [7, 11) is -3.98. The molecule has 6 nitrogen and oxygen atoms in total. The Morgan fingerprint density at radius 2 is 1.88 bits per heavy atom. The van der Waals surface area contributed by atoms with Gasteiger partial charge in [-0.25, -0.2) is 17.2 Å². The topological polar surface area (TPSA) is 72.4 Å². The van der Waals surface area contributed by atoms with Gasteiger partial charge in [-0.3, -0.25) is 0 Å². The molecule has 0 saturated carbocycles. The number of sulfonamides is 1. The summed E-state index contributed by atoms with van der Waals surface area (Å²) in [6, 6.07) is 5.63. The average molecular weight is 355 g/mol. The van der Waals surface area contributed by atoms with E-state index in [0.29, 0.717) is 18.4 Å².